The first-order valence-corrected chi connectivity index (χ1v) is 11.3. The van der Waals surface area contributed by atoms with Crippen LogP contribution in [0.4, 0.5) is 0 Å². The summed E-state index contributed by atoms with van der Waals surface area (Å²) in [5.74, 6) is 0.949. The molecule has 4 nitrogen and oxygen atoms in total. The fourth-order valence-corrected chi connectivity index (χ4v) is 4.18. The summed E-state index contributed by atoms with van der Waals surface area (Å²) >= 11 is 5.04. The van der Waals surface area contributed by atoms with Crippen molar-refractivity contribution in [3.05, 3.63) is 69.7 Å². The quantitative estimate of drug-likeness (QED) is 0.594. The van der Waals surface area contributed by atoms with Crippen LogP contribution >= 0.6 is 27.7 Å². The maximum atomic E-state index is 13.0. The third-order valence-corrected chi connectivity index (χ3v) is 5.82. The van der Waals surface area contributed by atoms with Gasteiger partial charge < -0.3 is 10.2 Å². The number of amides is 2. The second-order valence-corrected chi connectivity index (χ2v) is 8.61. The van der Waals surface area contributed by atoms with Crippen LogP contribution in [0.5, 0.6) is 0 Å². The Balaban J connectivity index is 2.05. The van der Waals surface area contributed by atoms with E-state index in [0.717, 1.165) is 15.8 Å². The van der Waals surface area contributed by atoms with E-state index in [1.54, 1.807) is 23.6 Å². The molecule has 0 bridgehead atoms. The lowest BCUT2D eigenvalue weighted by atomic mass is 10.1. The molecule has 150 valence electrons. The maximum absolute atomic E-state index is 13.0. The van der Waals surface area contributed by atoms with E-state index in [0.29, 0.717) is 18.8 Å². The van der Waals surface area contributed by atoms with E-state index in [-0.39, 0.29) is 11.8 Å². The highest BCUT2D eigenvalue weighted by Crippen LogP contribution is 2.18. The molecule has 1 atom stereocenters. The highest BCUT2D eigenvalue weighted by atomic mass is 79.9. The lowest BCUT2D eigenvalue weighted by molar-refractivity contribution is -0.138. The molecule has 0 aliphatic carbocycles. The molecule has 0 radical (unpaired) electrons. The van der Waals surface area contributed by atoms with E-state index < -0.39 is 6.04 Å². The minimum Gasteiger partial charge on any atom is -0.355 e. The maximum Gasteiger partial charge on any atom is 0.242 e. The molecule has 2 aromatic carbocycles. The Morgan fingerprint density at radius 1 is 1.14 bits per heavy atom. The zero-order chi connectivity index (χ0) is 20.5. The van der Waals surface area contributed by atoms with Gasteiger partial charge in [-0.25, -0.2) is 0 Å². The Morgan fingerprint density at radius 2 is 1.86 bits per heavy atom. The lowest BCUT2D eigenvalue weighted by Gasteiger charge is -2.28. The van der Waals surface area contributed by atoms with E-state index in [1.165, 1.54) is 11.1 Å². The first-order valence-electron chi connectivity index (χ1n) is 9.35. The minimum absolute atomic E-state index is 0.0311. The molecule has 2 rings (SSSR count). The molecule has 0 saturated carbocycles. The molecule has 0 spiro atoms. The van der Waals surface area contributed by atoms with E-state index in [4.69, 9.17) is 0 Å². The smallest absolute Gasteiger partial charge is 0.242 e. The molecule has 28 heavy (non-hydrogen) atoms. The van der Waals surface area contributed by atoms with Crippen LogP contribution < -0.4 is 5.32 Å². The van der Waals surface area contributed by atoms with Crippen LogP contribution in [-0.4, -0.2) is 35.1 Å². The molecule has 0 fully saturated rings. The summed E-state index contributed by atoms with van der Waals surface area (Å²) in [5.41, 5.74) is 3.40. The molecule has 6 heteroatoms. The Morgan fingerprint density at radius 3 is 2.54 bits per heavy atom. The average molecular weight is 463 g/mol. The average Bonchev–Trinajstić information content (AvgIpc) is 2.66. The number of hydrogen-bond acceptors (Lipinski definition) is 3. The molecule has 1 N–H and O–H groups in total. The van der Waals surface area contributed by atoms with Gasteiger partial charge in [0.2, 0.25) is 11.8 Å². The number of nitrogens with one attached hydrogen (secondary N) is 1. The number of hydrogen-bond donors (Lipinski definition) is 1. The predicted molar refractivity (Wildman–Crippen MR) is 120 cm³/mol. The van der Waals surface area contributed by atoms with Crippen LogP contribution in [-0.2, 0) is 21.9 Å². The van der Waals surface area contributed by atoms with Gasteiger partial charge in [0.05, 0.1) is 5.75 Å². The van der Waals surface area contributed by atoms with E-state index in [1.807, 2.05) is 37.3 Å². The van der Waals surface area contributed by atoms with Gasteiger partial charge in [0, 0.05) is 23.3 Å². The van der Waals surface area contributed by atoms with Crippen LogP contribution in [0.1, 0.15) is 30.5 Å². The van der Waals surface area contributed by atoms with Crippen LogP contribution in [0, 0.1) is 6.92 Å². The van der Waals surface area contributed by atoms with Crippen molar-refractivity contribution in [3.63, 3.8) is 0 Å². The fraction of sp³-hybridized carbons (Fsp3) is 0.364. The summed E-state index contributed by atoms with van der Waals surface area (Å²) in [6, 6.07) is 15.6. The molecule has 0 heterocycles. The van der Waals surface area contributed by atoms with Gasteiger partial charge in [0.1, 0.15) is 6.04 Å². The first-order chi connectivity index (χ1) is 13.4. The standard InChI is InChI=1S/C22H27BrN2O2S/c1-4-24-22(27)17(3)25(13-18-8-6-10-20(23)12-18)21(26)15-28-14-19-9-5-7-16(2)11-19/h5-12,17H,4,13-15H2,1-3H3,(H,24,27). The summed E-state index contributed by atoms with van der Waals surface area (Å²) in [5, 5.41) is 2.82. The molecule has 0 aliphatic heterocycles. The number of halogens is 1. The number of likely N-dealkylation sites (N-methyl/N-ethyl adjacent to an activating group) is 1. The predicted octanol–water partition coefficient (Wildman–Crippen LogP) is 4.54. The molecule has 0 aromatic heterocycles. The Kier molecular flexibility index (Phi) is 9.06. The number of aryl methyl sites for hydroxylation is 1. The fourth-order valence-electron chi connectivity index (χ4n) is 2.88. The third kappa shape index (κ3) is 6.99. The van der Waals surface area contributed by atoms with Crippen molar-refractivity contribution >= 4 is 39.5 Å². The summed E-state index contributed by atoms with van der Waals surface area (Å²) < 4.78 is 0.955. The largest absolute Gasteiger partial charge is 0.355 e. The lowest BCUT2D eigenvalue weighted by Crippen LogP contribution is -2.48. The van der Waals surface area contributed by atoms with Crippen molar-refractivity contribution in [3.8, 4) is 0 Å². The van der Waals surface area contributed by atoms with E-state index in [9.17, 15) is 9.59 Å². The van der Waals surface area contributed by atoms with Crippen molar-refractivity contribution in [1.29, 1.82) is 0 Å². The van der Waals surface area contributed by atoms with Gasteiger partial charge in [0.15, 0.2) is 0 Å². The van der Waals surface area contributed by atoms with Gasteiger partial charge in [-0.1, -0.05) is 57.9 Å². The third-order valence-electron chi connectivity index (χ3n) is 4.34. The SMILES string of the molecule is CCNC(=O)C(C)N(Cc1cccc(Br)c1)C(=O)CSCc1cccc(C)c1. The molecule has 0 saturated heterocycles. The zero-order valence-corrected chi connectivity index (χ0v) is 19.0. The Labute approximate surface area is 180 Å². The molecule has 2 amide bonds. The normalized spacial score (nSPS) is 11.7. The Hall–Kier alpha value is -1.79. The van der Waals surface area contributed by atoms with Gasteiger partial charge in [-0.15, -0.1) is 11.8 Å². The van der Waals surface area contributed by atoms with Crippen molar-refractivity contribution < 1.29 is 9.59 Å². The molecule has 1 unspecified atom stereocenters. The van der Waals surface area contributed by atoms with Crippen LogP contribution in [0.15, 0.2) is 53.0 Å². The minimum atomic E-state index is -0.522. The first kappa shape index (κ1) is 22.5. The summed E-state index contributed by atoms with van der Waals surface area (Å²) in [4.78, 5) is 27.0. The second kappa shape index (κ2) is 11.3. The number of carbonyl (C=O) groups excluding carboxylic acids is 2. The molecule has 0 aliphatic rings. The van der Waals surface area contributed by atoms with Gasteiger partial charge in [-0.2, -0.15) is 0 Å². The number of benzene rings is 2. The Bertz CT molecular complexity index is 813. The molecular weight excluding hydrogens is 436 g/mol. The molecular formula is C22H27BrN2O2S. The number of rotatable bonds is 9. The van der Waals surface area contributed by atoms with E-state index >= 15 is 0 Å². The number of nitrogens with zero attached hydrogens (tertiary/aromatic N) is 1. The zero-order valence-electron chi connectivity index (χ0n) is 16.6. The summed E-state index contributed by atoms with van der Waals surface area (Å²) in [7, 11) is 0. The van der Waals surface area contributed by atoms with Crippen molar-refractivity contribution in [2.45, 2.75) is 39.1 Å². The highest BCUT2D eigenvalue weighted by Gasteiger charge is 2.25. The van der Waals surface area contributed by atoms with Crippen molar-refractivity contribution in [2.24, 2.45) is 0 Å². The van der Waals surface area contributed by atoms with Crippen molar-refractivity contribution in [1.82, 2.24) is 10.2 Å². The van der Waals surface area contributed by atoms with Gasteiger partial charge in [-0.05, 0) is 44.0 Å². The monoisotopic (exact) mass is 462 g/mol. The van der Waals surface area contributed by atoms with Gasteiger partial charge in [-0.3, -0.25) is 9.59 Å². The van der Waals surface area contributed by atoms with Crippen molar-refractivity contribution in [2.75, 3.05) is 12.3 Å². The van der Waals surface area contributed by atoms with Crippen LogP contribution in [0.25, 0.3) is 0 Å². The van der Waals surface area contributed by atoms with Crippen LogP contribution in [0.2, 0.25) is 0 Å². The second-order valence-electron chi connectivity index (χ2n) is 6.70. The number of carbonyl (C=O) groups is 2. The summed E-state index contributed by atoms with van der Waals surface area (Å²) in [6.45, 7) is 6.67. The molecule has 2 aromatic rings. The van der Waals surface area contributed by atoms with Crippen LogP contribution in [0.3, 0.4) is 0 Å². The number of thioether (sulfide) groups is 1. The summed E-state index contributed by atoms with van der Waals surface area (Å²) in [6.07, 6.45) is 0. The highest BCUT2D eigenvalue weighted by molar-refractivity contribution is 9.10. The van der Waals surface area contributed by atoms with E-state index in [2.05, 4.69) is 46.4 Å². The topological polar surface area (TPSA) is 49.4 Å². The van der Waals surface area contributed by atoms with Gasteiger partial charge >= 0.3 is 0 Å². The van der Waals surface area contributed by atoms with Gasteiger partial charge in [0.25, 0.3) is 0 Å².